The van der Waals surface area contributed by atoms with E-state index >= 15 is 0 Å². The SMILES string of the molecule is CCOC.FC(F)F. The van der Waals surface area contributed by atoms with Gasteiger partial charge in [0.25, 0.3) is 0 Å². The molecule has 0 amide bonds. The molecule has 0 unspecified atom stereocenters. The summed E-state index contributed by atoms with van der Waals surface area (Å²) < 4.78 is 33.5. The zero-order chi connectivity index (χ0) is 6.99. The number of hydrogen-bond acceptors (Lipinski definition) is 1. The molecule has 0 heterocycles. The highest BCUT2D eigenvalue weighted by molar-refractivity contribution is 3.94. The van der Waals surface area contributed by atoms with Crippen LogP contribution in [0, 0.1) is 0 Å². The highest BCUT2D eigenvalue weighted by atomic mass is 19.4. The first kappa shape index (κ1) is 10.7. The minimum atomic E-state index is -3.67. The molecule has 0 aromatic heterocycles. The zero-order valence-corrected chi connectivity index (χ0v) is 4.83. The maximum absolute atomic E-state index is 9.67. The molecule has 8 heavy (non-hydrogen) atoms. The van der Waals surface area contributed by atoms with E-state index in [2.05, 4.69) is 4.74 Å². The van der Waals surface area contributed by atoms with Gasteiger partial charge in [-0.1, -0.05) is 0 Å². The lowest BCUT2D eigenvalue weighted by atomic mass is 10.9. The molecular weight excluding hydrogens is 121 g/mol. The first-order chi connectivity index (χ1) is 3.65. The fourth-order valence-electron chi connectivity index (χ4n) is 0. The average molecular weight is 130 g/mol. The highest BCUT2D eigenvalue weighted by Gasteiger charge is 1.86. The number of rotatable bonds is 1. The van der Waals surface area contributed by atoms with Crippen LogP contribution in [0.3, 0.4) is 0 Å². The van der Waals surface area contributed by atoms with Crippen molar-refractivity contribution in [3.8, 4) is 0 Å². The van der Waals surface area contributed by atoms with Gasteiger partial charge in [0.1, 0.15) is 0 Å². The van der Waals surface area contributed by atoms with Gasteiger partial charge in [0.05, 0.1) is 0 Å². The normalized spacial score (nSPS) is 8.25. The van der Waals surface area contributed by atoms with Crippen LogP contribution in [0.2, 0.25) is 0 Å². The van der Waals surface area contributed by atoms with E-state index in [4.69, 9.17) is 0 Å². The van der Waals surface area contributed by atoms with Gasteiger partial charge < -0.3 is 4.74 Å². The second-order valence-electron chi connectivity index (χ2n) is 0.825. The van der Waals surface area contributed by atoms with Crippen LogP contribution < -0.4 is 0 Å². The maximum Gasteiger partial charge on any atom is 0.379 e. The molecule has 0 N–H and O–H groups in total. The molecule has 0 atom stereocenters. The molecule has 0 spiro atoms. The van der Waals surface area contributed by atoms with Gasteiger partial charge >= 0.3 is 6.68 Å². The van der Waals surface area contributed by atoms with Crippen molar-refractivity contribution in [1.82, 2.24) is 0 Å². The van der Waals surface area contributed by atoms with E-state index in [-0.39, 0.29) is 0 Å². The van der Waals surface area contributed by atoms with Gasteiger partial charge in [-0.05, 0) is 6.92 Å². The molecule has 0 aromatic rings. The minimum Gasteiger partial charge on any atom is -0.385 e. The highest BCUT2D eigenvalue weighted by Crippen LogP contribution is 1.87. The summed E-state index contributed by atoms with van der Waals surface area (Å²) in [6.45, 7) is -0.889. The molecule has 0 fully saturated rings. The van der Waals surface area contributed by atoms with Crippen molar-refractivity contribution in [3.63, 3.8) is 0 Å². The Hall–Kier alpha value is -0.250. The predicted molar refractivity (Wildman–Crippen MR) is 24.7 cm³/mol. The largest absolute Gasteiger partial charge is 0.385 e. The second-order valence-corrected chi connectivity index (χ2v) is 0.825. The van der Waals surface area contributed by atoms with Crippen LogP contribution in [-0.4, -0.2) is 20.4 Å². The lowest BCUT2D eigenvalue weighted by molar-refractivity contribution is 0.00819. The molecule has 0 aromatic carbocycles. The Labute approximate surface area is 46.5 Å². The van der Waals surface area contributed by atoms with E-state index in [0.29, 0.717) is 0 Å². The molecule has 4 heteroatoms. The Morgan fingerprint density at radius 2 is 1.50 bits per heavy atom. The predicted octanol–water partition coefficient (Wildman–Crippen LogP) is 1.83. The van der Waals surface area contributed by atoms with Crippen LogP contribution in [0.1, 0.15) is 6.92 Å². The lowest BCUT2D eigenvalue weighted by Gasteiger charge is -1.76. The first-order valence-electron chi connectivity index (χ1n) is 2.06. The first-order valence-corrected chi connectivity index (χ1v) is 2.06. The molecule has 52 valence electrons. The number of ether oxygens (including phenoxy) is 1. The fourth-order valence-corrected chi connectivity index (χ4v) is 0. The van der Waals surface area contributed by atoms with Gasteiger partial charge in [-0.3, -0.25) is 0 Å². The van der Waals surface area contributed by atoms with E-state index in [9.17, 15) is 13.2 Å². The molecule has 0 saturated carbocycles. The molecule has 0 aliphatic heterocycles. The molecule has 0 aliphatic rings. The minimum absolute atomic E-state index is 0.819. The Morgan fingerprint density at radius 3 is 1.50 bits per heavy atom. The topological polar surface area (TPSA) is 9.23 Å². The van der Waals surface area contributed by atoms with E-state index in [1.54, 1.807) is 7.11 Å². The standard InChI is InChI=1S/C3H8O.CHF3/c1-3-4-2;2-1(3)4/h3H2,1-2H3;1H. The Morgan fingerprint density at radius 1 is 1.38 bits per heavy atom. The van der Waals surface area contributed by atoms with Gasteiger partial charge in [0.15, 0.2) is 0 Å². The van der Waals surface area contributed by atoms with Gasteiger partial charge in [-0.15, -0.1) is 0 Å². The number of methoxy groups -OCH3 is 1. The molecule has 0 aliphatic carbocycles. The summed E-state index contributed by atoms with van der Waals surface area (Å²) in [5.74, 6) is 0. The summed E-state index contributed by atoms with van der Waals surface area (Å²) in [5, 5.41) is 0. The number of hydrogen-bond donors (Lipinski definition) is 0. The summed E-state index contributed by atoms with van der Waals surface area (Å²) in [7, 11) is 1.68. The third-order valence-corrected chi connectivity index (χ3v) is 0.289. The number of alkyl halides is 3. The Balaban J connectivity index is 0. The molecule has 0 rings (SSSR count). The van der Waals surface area contributed by atoms with Gasteiger partial charge in [0, 0.05) is 13.7 Å². The van der Waals surface area contributed by atoms with Gasteiger partial charge in [-0.2, -0.15) is 13.2 Å². The van der Waals surface area contributed by atoms with Gasteiger partial charge in [-0.25, -0.2) is 0 Å². The van der Waals surface area contributed by atoms with Crippen molar-refractivity contribution in [1.29, 1.82) is 0 Å². The molecule has 0 saturated heterocycles. The molecule has 1 nitrogen and oxygen atoms in total. The smallest absolute Gasteiger partial charge is 0.379 e. The third-order valence-electron chi connectivity index (χ3n) is 0.289. The van der Waals surface area contributed by atoms with Crippen LogP contribution in [0.5, 0.6) is 0 Å². The van der Waals surface area contributed by atoms with E-state index in [1.165, 1.54) is 0 Å². The Kier molecular flexibility index (Phi) is 13.2. The van der Waals surface area contributed by atoms with Crippen molar-refractivity contribution in [2.75, 3.05) is 13.7 Å². The van der Waals surface area contributed by atoms with Crippen molar-refractivity contribution in [2.45, 2.75) is 13.6 Å². The maximum atomic E-state index is 9.67. The fraction of sp³-hybridized carbons (Fsp3) is 1.00. The molecule has 0 bridgehead atoms. The van der Waals surface area contributed by atoms with E-state index < -0.39 is 6.68 Å². The summed E-state index contributed by atoms with van der Waals surface area (Å²) >= 11 is 0. The zero-order valence-electron chi connectivity index (χ0n) is 4.83. The van der Waals surface area contributed by atoms with Crippen LogP contribution >= 0.6 is 0 Å². The number of halogens is 3. The van der Waals surface area contributed by atoms with Crippen LogP contribution in [0.15, 0.2) is 0 Å². The van der Waals surface area contributed by atoms with Gasteiger partial charge in [0.2, 0.25) is 0 Å². The van der Waals surface area contributed by atoms with E-state index in [1.807, 2.05) is 6.92 Å². The summed E-state index contributed by atoms with van der Waals surface area (Å²) in [6, 6.07) is 0. The average Bonchev–Trinajstić information content (AvgIpc) is 1.65. The van der Waals surface area contributed by atoms with Crippen molar-refractivity contribution in [3.05, 3.63) is 0 Å². The Bertz CT molecular complexity index is 27.7. The monoisotopic (exact) mass is 130 g/mol. The summed E-state index contributed by atoms with van der Waals surface area (Å²) in [5.41, 5.74) is 0. The lowest BCUT2D eigenvalue weighted by Crippen LogP contribution is -1.73. The third kappa shape index (κ3) is 231. The van der Waals surface area contributed by atoms with Crippen molar-refractivity contribution >= 4 is 0 Å². The van der Waals surface area contributed by atoms with Crippen molar-refractivity contribution < 1.29 is 17.9 Å². The van der Waals surface area contributed by atoms with Crippen LogP contribution in [-0.2, 0) is 4.74 Å². The quantitative estimate of drug-likeness (QED) is 0.526. The van der Waals surface area contributed by atoms with Crippen molar-refractivity contribution in [2.24, 2.45) is 0 Å². The summed E-state index contributed by atoms with van der Waals surface area (Å²) in [6.07, 6.45) is 0. The van der Waals surface area contributed by atoms with E-state index in [0.717, 1.165) is 6.61 Å². The van der Waals surface area contributed by atoms with Crippen LogP contribution in [0.4, 0.5) is 13.2 Å². The van der Waals surface area contributed by atoms with Crippen LogP contribution in [0.25, 0.3) is 0 Å². The molecule has 0 radical (unpaired) electrons. The molecular formula is C4H9F3O. The summed E-state index contributed by atoms with van der Waals surface area (Å²) in [4.78, 5) is 0. The second kappa shape index (κ2) is 9.89.